The number of rotatable bonds is 6. The SMILES string of the molecule is CCCC(C)OC(CN)c1cccs1. The van der Waals surface area contributed by atoms with Gasteiger partial charge in [0.2, 0.25) is 0 Å². The molecule has 0 amide bonds. The highest BCUT2D eigenvalue weighted by Gasteiger charge is 2.14. The van der Waals surface area contributed by atoms with Crippen molar-refractivity contribution in [2.45, 2.75) is 38.9 Å². The Balaban J connectivity index is 2.47. The molecule has 2 N–H and O–H groups in total. The quantitative estimate of drug-likeness (QED) is 0.788. The fourth-order valence-electron chi connectivity index (χ4n) is 1.47. The van der Waals surface area contributed by atoms with Crippen LogP contribution in [0.15, 0.2) is 17.5 Å². The molecule has 0 radical (unpaired) electrons. The van der Waals surface area contributed by atoms with E-state index in [2.05, 4.69) is 25.3 Å². The minimum atomic E-state index is 0.0801. The largest absolute Gasteiger partial charge is 0.368 e. The van der Waals surface area contributed by atoms with Crippen molar-refractivity contribution in [2.24, 2.45) is 5.73 Å². The molecule has 0 fully saturated rings. The number of hydrogen-bond donors (Lipinski definition) is 1. The van der Waals surface area contributed by atoms with E-state index < -0.39 is 0 Å². The summed E-state index contributed by atoms with van der Waals surface area (Å²) in [6, 6.07) is 4.12. The van der Waals surface area contributed by atoms with Crippen LogP contribution in [0.4, 0.5) is 0 Å². The molecule has 80 valence electrons. The van der Waals surface area contributed by atoms with Crippen molar-refractivity contribution in [1.29, 1.82) is 0 Å². The third kappa shape index (κ3) is 3.40. The molecule has 2 nitrogen and oxygen atoms in total. The van der Waals surface area contributed by atoms with Gasteiger partial charge in [-0.15, -0.1) is 11.3 Å². The molecule has 14 heavy (non-hydrogen) atoms. The molecule has 0 spiro atoms. The van der Waals surface area contributed by atoms with Crippen LogP contribution >= 0.6 is 11.3 Å². The Bertz CT molecular complexity index is 235. The lowest BCUT2D eigenvalue weighted by molar-refractivity contribution is -0.000937. The standard InChI is InChI=1S/C11H19NOS/c1-3-5-9(2)13-10(8-12)11-6-4-7-14-11/h4,6-7,9-10H,3,5,8,12H2,1-2H3. The van der Waals surface area contributed by atoms with Gasteiger partial charge in [-0.2, -0.15) is 0 Å². The van der Waals surface area contributed by atoms with Crippen molar-refractivity contribution in [2.75, 3.05) is 6.54 Å². The second kappa shape index (κ2) is 6.17. The van der Waals surface area contributed by atoms with Crippen LogP contribution in [-0.2, 0) is 4.74 Å². The molecule has 0 saturated heterocycles. The van der Waals surface area contributed by atoms with Gasteiger partial charge in [0.1, 0.15) is 6.10 Å². The highest BCUT2D eigenvalue weighted by atomic mass is 32.1. The normalized spacial score (nSPS) is 15.4. The summed E-state index contributed by atoms with van der Waals surface area (Å²) in [5.41, 5.74) is 5.69. The third-order valence-electron chi connectivity index (χ3n) is 2.17. The van der Waals surface area contributed by atoms with Gasteiger partial charge in [-0.25, -0.2) is 0 Å². The van der Waals surface area contributed by atoms with Gasteiger partial charge in [-0.05, 0) is 24.8 Å². The molecule has 2 unspecified atom stereocenters. The predicted molar refractivity (Wildman–Crippen MR) is 61.6 cm³/mol. The van der Waals surface area contributed by atoms with Gasteiger partial charge in [0, 0.05) is 11.4 Å². The van der Waals surface area contributed by atoms with Gasteiger partial charge in [0.15, 0.2) is 0 Å². The summed E-state index contributed by atoms with van der Waals surface area (Å²) in [6.45, 7) is 4.84. The van der Waals surface area contributed by atoms with Gasteiger partial charge < -0.3 is 10.5 Å². The minimum Gasteiger partial charge on any atom is -0.368 e. The molecule has 1 aromatic heterocycles. The number of ether oxygens (including phenoxy) is 1. The maximum atomic E-state index is 5.87. The van der Waals surface area contributed by atoms with E-state index in [1.165, 1.54) is 4.88 Å². The minimum absolute atomic E-state index is 0.0801. The highest BCUT2D eigenvalue weighted by Crippen LogP contribution is 2.23. The molecule has 3 heteroatoms. The Labute approximate surface area is 90.1 Å². The lowest BCUT2D eigenvalue weighted by Crippen LogP contribution is -2.20. The smallest absolute Gasteiger partial charge is 0.104 e. The predicted octanol–water partition coefficient (Wildman–Crippen LogP) is 2.95. The van der Waals surface area contributed by atoms with Crippen molar-refractivity contribution in [3.63, 3.8) is 0 Å². The number of thiophene rings is 1. The first kappa shape index (κ1) is 11.7. The van der Waals surface area contributed by atoms with Gasteiger partial charge >= 0.3 is 0 Å². The van der Waals surface area contributed by atoms with E-state index in [1.54, 1.807) is 11.3 Å². The van der Waals surface area contributed by atoms with Gasteiger partial charge in [-0.3, -0.25) is 0 Å². The van der Waals surface area contributed by atoms with E-state index >= 15 is 0 Å². The summed E-state index contributed by atoms with van der Waals surface area (Å²) >= 11 is 1.71. The zero-order valence-corrected chi connectivity index (χ0v) is 9.72. The van der Waals surface area contributed by atoms with Gasteiger partial charge in [-0.1, -0.05) is 19.4 Å². The lowest BCUT2D eigenvalue weighted by atomic mass is 10.2. The first-order valence-electron chi connectivity index (χ1n) is 5.16. The van der Waals surface area contributed by atoms with Crippen LogP contribution in [0.25, 0.3) is 0 Å². The summed E-state index contributed by atoms with van der Waals surface area (Å²) < 4.78 is 5.87. The molecular formula is C11H19NOS. The van der Waals surface area contributed by atoms with E-state index in [9.17, 15) is 0 Å². The van der Waals surface area contributed by atoms with Crippen LogP contribution in [0.5, 0.6) is 0 Å². The Morgan fingerprint density at radius 2 is 2.36 bits per heavy atom. The summed E-state index contributed by atoms with van der Waals surface area (Å²) in [5, 5.41) is 2.06. The van der Waals surface area contributed by atoms with Crippen LogP contribution < -0.4 is 5.73 Å². The molecule has 2 atom stereocenters. The Morgan fingerprint density at radius 1 is 1.57 bits per heavy atom. The highest BCUT2D eigenvalue weighted by molar-refractivity contribution is 7.10. The second-order valence-electron chi connectivity index (χ2n) is 3.48. The monoisotopic (exact) mass is 213 g/mol. The summed E-state index contributed by atoms with van der Waals surface area (Å²) in [6.07, 6.45) is 2.64. The molecule has 0 bridgehead atoms. The second-order valence-corrected chi connectivity index (χ2v) is 4.45. The van der Waals surface area contributed by atoms with E-state index in [4.69, 9.17) is 10.5 Å². The van der Waals surface area contributed by atoms with E-state index in [0.717, 1.165) is 12.8 Å². The summed E-state index contributed by atoms with van der Waals surface area (Å²) in [7, 11) is 0. The molecule has 1 rings (SSSR count). The number of nitrogens with two attached hydrogens (primary N) is 1. The van der Waals surface area contributed by atoms with Crippen LogP contribution in [0.2, 0.25) is 0 Å². The van der Waals surface area contributed by atoms with Crippen LogP contribution in [0.1, 0.15) is 37.7 Å². The van der Waals surface area contributed by atoms with Crippen LogP contribution in [-0.4, -0.2) is 12.6 Å². The summed E-state index contributed by atoms with van der Waals surface area (Å²) in [5.74, 6) is 0. The molecule has 0 aliphatic heterocycles. The lowest BCUT2D eigenvalue weighted by Gasteiger charge is -2.19. The average molecular weight is 213 g/mol. The van der Waals surface area contributed by atoms with E-state index in [-0.39, 0.29) is 6.10 Å². The van der Waals surface area contributed by atoms with Gasteiger partial charge in [0.25, 0.3) is 0 Å². The van der Waals surface area contributed by atoms with Crippen molar-refractivity contribution >= 4 is 11.3 Å². The fourth-order valence-corrected chi connectivity index (χ4v) is 2.24. The fraction of sp³-hybridized carbons (Fsp3) is 0.636. The maximum absolute atomic E-state index is 5.87. The first-order chi connectivity index (χ1) is 6.77. The maximum Gasteiger partial charge on any atom is 0.104 e. The van der Waals surface area contributed by atoms with Crippen molar-refractivity contribution in [1.82, 2.24) is 0 Å². The van der Waals surface area contributed by atoms with Crippen molar-refractivity contribution in [3.8, 4) is 0 Å². The third-order valence-corrected chi connectivity index (χ3v) is 3.13. The van der Waals surface area contributed by atoms with Gasteiger partial charge in [0.05, 0.1) is 6.10 Å². The first-order valence-corrected chi connectivity index (χ1v) is 6.04. The Morgan fingerprint density at radius 3 is 2.86 bits per heavy atom. The van der Waals surface area contributed by atoms with Crippen LogP contribution in [0.3, 0.4) is 0 Å². The van der Waals surface area contributed by atoms with Crippen molar-refractivity contribution in [3.05, 3.63) is 22.4 Å². The molecule has 0 aliphatic rings. The molecule has 0 saturated carbocycles. The molecular weight excluding hydrogens is 194 g/mol. The molecule has 0 aliphatic carbocycles. The topological polar surface area (TPSA) is 35.2 Å². The Hall–Kier alpha value is -0.380. The van der Waals surface area contributed by atoms with E-state index in [1.807, 2.05) is 6.07 Å². The Kier molecular flexibility index (Phi) is 5.15. The molecule has 1 heterocycles. The average Bonchev–Trinajstić information content (AvgIpc) is 2.67. The number of hydrogen-bond acceptors (Lipinski definition) is 3. The zero-order chi connectivity index (χ0) is 10.4. The summed E-state index contributed by atoms with van der Waals surface area (Å²) in [4.78, 5) is 1.23. The molecule has 0 aromatic carbocycles. The van der Waals surface area contributed by atoms with Crippen molar-refractivity contribution < 1.29 is 4.74 Å². The van der Waals surface area contributed by atoms with Crippen LogP contribution in [0, 0.1) is 0 Å². The molecule has 1 aromatic rings. The van der Waals surface area contributed by atoms with E-state index in [0.29, 0.717) is 12.6 Å². The zero-order valence-electron chi connectivity index (χ0n) is 8.90.